The van der Waals surface area contributed by atoms with Crippen LogP contribution in [-0.2, 0) is 0 Å². The predicted octanol–water partition coefficient (Wildman–Crippen LogP) is 3.48. The normalized spacial score (nSPS) is 9.85. The number of rotatable bonds is 2. The zero-order valence-electron chi connectivity index (χ0n) is 10.6. The number of anilines is 1. The van der Waals surface area contributed by atoms with Crippen molar-refractivity contribution in [2.45, 2.75) is 6.92 Å². The van der Waals surface area contributed by atoms with E-state index in [2.05, 4.69) is 5.32 Å². The Morgan fingerprint density at radius 3 is 2.80 bits per heavy atom. The number of nitrogens with zero attached hydrogens (tertiary/aromatic N) is 1. The number of hydrogen-bond acceptors (Lipinski definition) is 3. The quantitative estimate of drug-likeness (QED) is 0.887. The molecule has 0 fully saturated rings. The highest BCUT2D eigenvalue weighted by molar-refractivity contribution is 6.34. The molecule has 0 bridgehead atoms. The number of phenolic OH excluding ortho intramolecular Hbond substituents is 1. The average Bonchev–Trinajstić information content (AvgIpc) is 2.44. The molecule has 0 unspecified atom stereocenters. The molecule has 100 valence electrons. The summed E-state index contributed by atoms with van der Waals surface area (Å²) in [5, 5.41) is 21.6. The largest absolute Gasteiger partial charge is 0.507 e. The van der Waals surface area contributed by atoms with Crippen LogP contribution in [-0.4, -0.2) is 11.0 Å². The second-order valence-electron chi connectivity index (χ2n) is 4.23. The number of halogens is 1. The number of hydrogen-bond donors (Lipinski definition) is 2. The molecule has 2 aromatic carbocycles. The summed E-state index contributed by atoms with van der Waals surface area (Å²) in [6, 6.07) is 11.4. The highest BCUT2D eigenvalue weighted by Crippen LogP contribution is 2.26. The highest BCUT2D eigenvalue weighted by atomic mass is 35.5. The molecule has 0 saturated heterocycles. The zero-order valence-corrected chi connectivity index (χ0v) is 11.4. The number of carbonyl (C=O) groups is 1. The Kier molecular flexibility index (Phi) is 3.92. The summed E-state index contributed by atoms with van der Waals surface area (Å²) < 4.78 is 0. The molecule has 0 aliphatic heterocycles. The summed E-state index contributed by atoms with van der Waals surface area (Å²) in [5.74, 6) is -0.555. The molecule has 0 aliphatic carbocycles. The molecule has 2 rings (SSSR count). The Morgan fingerprint density at radius 1 is 1.35 bits per heavy atom. The lowest BCUT2D eigenvalue weighted by molar-refractivity contribution is 0.102. The van der Waals surface area contributed by atoms with E-state index in [-0.39, 0.29) is 11.3 Å². The standard InChI is InChI=1S/C15H11ClN2O2/c1-9-3-2-4-11(14(9)19)15(20)18-13-7-10(8-17)5-6-12(13)16/h2-7,19H,1H3,(H,18,20). The van der Waals surface area contributed by atoms with Crippen LogP contribution in [0.2, 0.25) is 5.02 Å². The van der Waals surface area contributed by atoms with Crippen LogP contribution in [0.25, 0.3) is 0 Å². The number of nitrogens with one attached hydrogen (secondary N) is 1. The van der Waals surface area contributed by atoms with Crippen LogP contribution in [0.4, 0.5) is 5.69 Å². The molecule has 4 nitrogen and oxygen atoms in total. The van der Waals surface area contributed by atoms with Crippen molar-refractivity contribution in [2.24, 2.45) is 0 Å². The molecule has 0 aromatic heterocycles. The van der Waals surface area contributed by atoms with E-state index < -0.39 is 5.91 Å². The van der Waals surface area contributed by atoms with Gasteiger partial charge >= 0.3 is 0 Å². The monoisotopic (exact) mass is 286 g/mol. The van der Waals surface area contributed by atoms with Crippen LogP contribution in [0, 0.1) is 18.3 Å². The van der Waals surface area contributed by atoms with Gasteiger partial charge in [-0.25, -0.2) is 0 Å². The fourth-order valence-corrected chi connectivity index (χ4v) is 1.89. The summed E-state index contributed by atoms with van der Waals surface area (Å²) in [6.45, 7) is 1.70. The molecule has 20 heavy (non-hydrogen) atoms. The first-order valence-electron chi connectivity index (χ1n) is 5.82. The lowest BCUT2D eigenvalue weighted by Gasteiger charge is -2.09. The number of carbonyl (C=O) groups excluding carboxylic acids is 1. The van der Waals surface area contributed by atoms with Gasteiger partial charge in [-0.1, -0.05) is 23.7 Å². The number of nitriles is 1. The van der Waals surface area contributed by atoms with E-state index in [0.29, 0.717) is 21.8 Å². The van der Waals surface area contributed by atoms with Crippen molar-refractivity contribution >= 4 is 23.2 Å². The predicted molar refractivity (Wildman–Crippen MR) is 77.0 cm³/mol. The molecule has 0 atom stereocenters. The van der Waals surface area contributed by atoms with Crippen LogP contribution >= 0.6 is 11.6 Å². The Labute approximate surface area is 121 Å². The third kappa shape index (κ3) is 2.73. The van der Waals surface area contributed by atoms with Crippen molar-refractivity contribution in [2.75, 3.05) is 5.32 Å². The fourth-order valence-electron chi connectivity index (χ4n) is 1.72. The molecule has 0 heterocycles. The number of para-hydroxylation sites is 1. The van der Waals surface area contributed by atoms with Gasteiger partial charge in [-0.2, -0.15) is 5.26 Å². The third-order valence-corrected chi connectivity index (χ3v) is 3.16. The van der Waals surface area contributed by atoms with Gasteiger partial charge in [0.2, 0.25) is 0 Å². The molecule has 1 amide bonds. The summed E-state index contributed by atoms with van der Waals surface area (Å²) in [7, 11) is 0. The van der Waals surface area contributed by atoms with Crippen molar-refractivity contribution < 1.29 is 9.90 Å². The van der Waals surface area contributed by atoms with Gasteiger partial charge in [-0.05, 0) is 36.8 Å². The minimum Gasteiger partial charge on any atom is -0.507 e. The smallest absolute Gasteiger partial charge is 0.259 e. The zero-order chi connectivity index (χ0) is 14.7. The van der Waals surface area contributed by atoms with E-state index in [1.807, 2.05) is 6.07 Å². The van der Waals surface area contributed by atoms with Gasteiger partial charge in [0, 0.05) is 0 Å². The third-order valence-electron chi connectivity index (χ3n) is 2.83. The van der Waals surface area contributed by atoms with Gasteiger partial charge < -0.3 is 10.4 Å². The van der Waals surface area contributed by atoms with E-state index in [1.54, 1.807) is 25.1 Å². The molecule has 2 N–H and O–H groups in total. The molecule has 0 saturated carbocycles. The SMILES string of the molecule is Cc1cccc(C(=O)Nc2cc(C#N)ccc2Cl)c1O. The van der Waals surface area contributed by atoms with Crippen molar-refractivity contribution in [3.05, 3.63) is 58.1 Å². The number of aryl methyl sites for hydroxylation is 1. The van der Waals surface area contributed by atoms with Crippen LogP contribution in [0.3, 0.4) is 0 Å². The average molecular weight is 287 g/mol. The summed E-state index contributed by atoms with van der Waals surface area (Å²) in [6.07, 6.45) is 0. The minimum absolute atomic E-state index is 0.0717. The van der Waals surface area contributed by atoms with Crippen molar-refractivity contribution in [3.63, 3.8) is 0 Å². The highest BCUT2D eigenvalue weighted by Gasteiger charge is 2.14. The second-order valence-corrected chi connectivity index (χ2v) is 4.64. The second kappa shape index (κ2) is 5.64. The summed E-state index contributed by atoms with van der Waals surface area (Å²) in [5.41, 5.74) is 1.48. The molecular weight excluding hydrogens is 276 g/mol. The number of phenols is 1. The van der Waals surface area contributed by atoms with Crippen molar-refractivity contribution in [1.82, 2.24) is 0 Å². The van der Waals surface area contributed by atoms with Gasteiger partial charge in [0.15, 0.2) is 0 Å². The van der Waals surface area contributed by atoms with Gasteiger partial charge in [-0.3, -0.25) is 4.79 Å². The Hall–Kier alpha value is -2.51. The number of benzene rings is 2. The van der Waals surface area contributed by atoms with Crippen molar-refractivity contribution in [3.8, 4) is 11.8 Å². The van der Waals surface area contributed by atoms with Gasteiger partial charge in [0.25, 0.3) is 5.91 Å². The van der Waals surface area contributed by atoms with Gasteiger partial charge in [0.05, 0.1) is 27.9 Å². The molecule has 2 aromatic rings. The fraction of sp³-hybridized carbons (Fsp3) is 0.0667. The first-order valence-corrected chi connectivity index (χ1v) is 6.20. The van der Waals surface area contributed by atoms with E-state index in [4.69, 9.17) is 16.9 Å². The topological polar surface area (TPSA) is 73.1 Å². The maximum absolute atomic E-state index is 12.1. The molecule has 0 aliphatic rings. The van der Waals surface area contributed by atoms with Crippen molar-refractivity contribution in [1.29, 1.82) is 5.26 Å². The first kappa shape index (κ1) is 13.9. The van der Waals surface area contributed by atoms with E-state index in [1.165, 1.54) is 18.2 Å². The molecule has 0 spiro atoms. The summed E-state index contributed by atoms with van der Waals surface area (Å²) >= 11 is 5.97. The van der Waals surface area contributed by atoms with Gasteiger partial charge in [0.1, 0.15) is 5.75 Å². The molecule has 0 radical (unpaired) electrons. The minimum atomic E-state index is -0.483. The van der Waals surface area contributed by atoms with E-state index in [9.17, 15) is 9.90 Å². The lowest BCUT2D eigenvalue weighted by atomic mass is 10.1. The van der Waals surface area contributed by atoms with Crippen LogP contribution in [0.5, 0.6) is 5.75 Å². The van der Waals surface area contributed by atoms with Crippen LogP contribution in [0.1, 0.15) is 21.5 Å². The maximum Gasteiger partial charge on any atom is 0.259 e. The lowest BCUT2D eigenvalue weighted by Crippen LogP contribution is -2.12. The van der Waals surface area contributed by atoms with E-state index in [0.717, 1.165) is 0 Å². The maximum atomic E-state index is 12.1. The number of aromatic hydroxyl groups is 1. The Morgan fingerprint density at radius 2 is 2.10 bits per heavy atom. The molecular formula is C15H11ClN2O2. The first-order chi connectivity index (χ1) is 9.52. The van der Waals surface area contributed by atoms with Crippen LogP contribution in [0.15, 0.2) is 36.4 Å². The van der Waals surface area contributed by atoms with Gasteiger partial charge in [-0.15, -0.1) is 0 Å². The summed E-state index contributed by atoms with van der Waals surface area (Å²) in [4.78, 5) is 12.1. The molecule has 5 heteroatoms. The van der Waals surface area contributed by atoms with E-state index >= 15 is 0 Å². The Bertz CT molecular complexity index is 720. The van der Waals surface area contributed by atoms with Crippen LogP contribution < -0.4 is 5.32 Å². The Balaban J connectivity index is 2.33. The number of amides is 1.